The van der Waals surface area contributed by atoms with Crippen molar-refractivity contribution >= 4 is 5.97 Å². The van der Waals surface area contributed by atoms with Gasteiger partial charge in [0.15, 0.2) is 0 Å². The number of carbonyl (C=O) groups is 1. The molecule has 3 rings (SSSR count). The molecule has 5 atom stereocenters. The molecule has 1 aromatic carbocycles. The van der Waals surface area contributed by atoms with E-state index in [0.717, 1.165) is 5.56 Å². The summed E-state index contributed by atoms with van der Waals surface area (Å²) in [7, 11) is 0. The molecule has 0 amide bonds. The molecule has 0 unspecified atom stereocenters. The van der Waals surface area contributed by atoms with Crippen LogP contribution in [-0.4, -0.2) is 69.7 Å². The molecule has 0 spiro atoms. The number of hydrogen-bond acceptors (Lipinski definition) is 6. The Kier molecular flexibility index (Phi) is 4.44. The summed E-state index contributed by atoms with van der Waals surface area (Å²) in [5.41, 5.74) is 0.877. The van der Waals surface area contributed by atoms with Gasteiger partial charge in [0.05, 0.1) is 18.6 Å². The zero-order valence-electron chi connectivity index (χ0n) is 12.2. The molecule has 0 aliphatic carbocycles. The fourth-order valence-corrected chi connectivity index (χ4v) is 3.38. The number of aliphatic hydroxyl groups is 3. The summed E-state index contributed by atoms with van der Waals surface area (Å²) in [5.74, 6) is -0.342. The molecule has 0 bridgehead atoms. The van der Waals surface area contributed by atoms with Crippen molar-refractivity contribution in [1.29, 1.82) is 0 Å². The topological polar surface area (TPSA) is 90.2 Å². The number of ether oxygens (including phenoxy) is 1. The Morgan fingerprint density at radius 2 is 1.91 bits per heavy atom. The van der Waals surface area contributed by atoms with Gasteiger partial charge in [-0.15, -0.1) is 0 Å². The van der Waals surface area contributed by atoms with Gasteiger partial charge in [-0.05, 0) is 12.0 Å². The predicted molar refractivity (Wildman–Crippen MR) is 78.0 cm³/mol. The van der Waals surface area contributed by atoms with Crippen LogP contribution >= 0.6 is 0 Å². The van der Waals surface area contributed by atoms with Crippen LogP contribution in [0.15, 0.2) is 30.3 Å². The maximum Gasteiger partial charge on any atom is 0.310 e. The molecule has 1 aromatic rings. The molecule has 2 aliphatic rings. The average Bonchev–Trinajstić information content (AvgIpc) is 2.88. The van der Waals surface area contributed by atoms with Gasteiger partial charge in [0.1, 0.15) is 18.3 Å². The normalized spacial score (nSPS) is 35.1. The number of carbonyl (C=O) groups excluding carboxylic acids is 1. The number of aliphatic hydroxyl groups excluding tert-OH is 3. The third kappa shape index (κ3) is 3.01. The van der Waals surface area contributed by atoms with Crippen LogP contribution in [0.2, 0.25) is 0 Å². The van der Waals surface area contributed by atoms with Gasteiger partial charge < -0.3 is 20.1 Å². The van der Waals surface area contributed by atoms with E-state index in [1.165, 1.54) is 0 Å². The molecule has 2 fully saturated rings. The summed E-state index contributed by atoms with van der Waals surface area (Å²) in [6.07, 6.45) is -2.94. The number of benzene rings is 1. The third-order valence-corrected chi connectivity index (χ3v) is 4.49. The highest BCUT2D eigenvalue weighted by atomic mass is 16.5. The zero-order valence-corrected chi connectivity index (χ0v) is 12.2. The molecule has 3 N–H and O–H groups in total. The SMILES string of the molecule is O=C(Cc1ccccc1)O[C@H]1CCN2C[C@H](O)[C@@H](O)[C@H](O)[C@@H]12. The van der Waals surface area contributed by atoms with E-state index >= 15 is 0 Å². The van der Waals surface area contributed by atoms with Crippen LogP contribution in [0, 0.1) is 0 Å². The summed E-state index contributed by atoms with van der Waals surface area (Å²) in [6.45, 7) is 0.921. The van der Waals surface area contributed by atoms with Crippen molar-refractivity contribution in [2.45, 2.75) is 43.3 Å². The molecule has 0 aromatic heterocycles. The highest BCUT2D eigenvalue weighted by Gasteiger charge is 2.49. The second-order valence-corrected chi connectivity index (χ2v) is 6.01. The molecule has 120 valence electrons. The zero-order chi connectivity index (χ0) is 15.7. The van der Waals surface area contributed by atoms with Crippen LogP contribution in [-0.2, 0) is 16.0 Å². The predicted octanol–water partition coefficient (Wildman–Crippen LogP) is -0.689. The van der Waals surface area contributed by atoms with Crippen LogP contribution in [0.4, 0.5) is 0 Å². The number of rotatable bonds is 3. The second kappa shape index (κ2) is 6.34. The molecule has 2 heterocycles. The smallest absolute Gasteiger partial charge is 0.310 e. The van der Waals surface area contributed by atoms with E-state index in [4.69, 9.17) is 4.74 Å². The highest BCUT2D eigenvalue weighted by molar-refractivity contribution is 5.72. The maximum absolute atomic E-state index is 12.1. The van der Waals surface area contributed by atoms with E-state index in [1.807, 2.05) is 35.2 Å². The van der Waals surface area contributed by atoms with Gasteiger partial charge in [-0.2, -0.15) is 0 Å². The molecule has 0 saturated carbocycles. The minimum Gasteiger partial charge on any atom is -0.460 e. The third-order valence-electron chi connectivity index (χ3n) is 4.49. The lowest BCUT2D eigenvalue weighted by Crippen LogP contribution is -2.61. The van der Waals surface area contributed by atoms with Gasteiger partial charge in [-0.25, -0.2) is 0 Å². The number of piperidine rings is 1. The standard InChI is InChI=1S/C16H21NO5/c18-11-9-17-7-6-12(14(17)16(21)15(11)20)22-13(19)8-10-4-2-1-3-5-10/h1-5,11-12,14-16,18,20-21H,6-9H2/t11-,12-,14+,15+,16+/m0/s1. The summed E-state index contributed by atoms with van der Waals surface area (Å²) < 4.78 is 5.51. The monoisotopic (exact) mass is 307 g/mol. The van der Waals surface area contributed by atoms with Crippen LogP contribution in [0.5, 0.6) is 0 Å². The Balaban J connectivity index is 1.62. The van der Waals surface area contributed by atoms with Crippen molar-refractivity contribution in [2.24, 2.45) is 0 Å². The minimum atomic E-state index is -1.20. The molecular formula is C16H21NO5. The molecule has 6 heteroatoms. The largest absolute Gasteiger partial charge is 0.460 e. The van der Waals surface area contributed by atoms with E-state index in [0.29, 0.717) is 13.0 Å². The van der Waals surface area contributed by atoms with Gasteiger partial charge in [0.2, 0.25) is 0 Å². The lowest BCUT2D eigenvalue weighted by molar-refractivity contribution is -0.164. The molecule has 0 radical (unpaired) electrons. The first-order valence-corrected chi connectivity index (χ1v) is 7.58. The van der Waals surface area contributed by atoms with Gasteiger partial charge in [0, 0.05) is 13.1 Å². The number of hydrogen-bond donors (Lipinski definition) is 3. The first kappa shape index (κ1) is 15.4. The summed E-state index contributed by atoms with van der Waals surface area (Å²) in [4.78, 5) is 13.9. The Morgan fingerprint density at radius 1 is 1.18 bits per heavy atom. The van der Waals surface area contributed by atoms with E-state index in [1.54, 1.807) is 0 Å². The number of esters is 1. The number of nitrogens with zero attached hydrogens (tertiary/aromatic N) is 1. The van der Waals surface area contributed by atoms with Crippen molar-refractivity contribution in [3.8, 4) is 0 Å². The second-order valence-electron chi connectivity index (χ2n) is 6.01. The fraction of sp³-hybridized carbons (Fsp3) is 0.562. The average molecular weight is 307 g/mol. The van der Waals surface area contributed by atoms with Crippen LogP contribution < -0.4 is 0 Å². The first-order chi connectivity index (χ1) is 10.6. The Hall–Kier alpha value is -1.47. The Morgan fingerprint density at radius 3 is 2.64 bits per heavy atom. The molecular weight excluding hydrogens is 286 g/mol. The minimum absolute atomic E-state index is 0.186. The van der Waals surface area contributed by atoms with Crippen molar-refractivity contribution in [1.82, 2.24) is 4.90 Å². The molecule has 6 nitrogen and oxygen atoms in total. The summed E-state index contributed by atoms with van der Waals surface area (Å²) in [6, 6.07) is 8.88. The first-order valence-electron chi connectivity index (χ1n) is 7.58. The fourth-order valence-electron chi connectivity index (χ4n) is 3.38. The summed E-state index contributed by atoms with van der Waals surface area (Å²) in [5, 5.41) is 29.7. The Labute approximate surface area is 128 Å². The quantitative estimate of drug-likeness (QED) is 0.641. The maximum atomic E-state index is 12.1. The lowest BCUT2D eigenvalue weighted by Gasteiger charge is -2.41. The molecule has 2 aliphatic heterocycles. The van der Waals surface area contributed by atoms with Gasteiger partial charge in [-0.1, -0.05) is 30.3 Å². The van der Waals surface area contributed by atoms with E-state index < -0.39 is 30.5 Å². The summed E-state index contributed by atoms with van der Waals surface area (Å²) >= 11 is 0. The van der Waals surface area contributed by atoms with Gasteiger partial charge in [0.25, 0.3) is 0 Å². The van der Waals surface area contributed by atoms with Crippen LogP contribution in [0.25, 0.3) is 0 Å². The van der Waals surface area contributed by atoms with Crippen molar-refractivity contribution in [2.75, 3.05) is 13.1 Å². The highest BCUT2D eigenvalue weighted by Crippen LogP contribution is 2.30. The van der Waals surface area contributed by atoms with Crippen molar-refractivity contribution in [3.63, 3.8) is 0 Å². The van der Waals surface area contributed by atoms with E-state index in [2.05, 4.69) is 0 Å². The van der Waals surface area contributed by atoms with Crippen LogP contribution in [0.3, 0.4) is 0 Å². The van der Waals surface area contributed by atoms with Gasteiger partial charge in [-0.3, -0.25) is 9.69 Å². The van der Waals surface area contributed by atoms with E-state index in [-0.39, 0.29) is 18.9 Å². The van der Waals surface area contributed by atoms with Crippen molar-refractivity contribution in [3.05, 3.63) is 35.9 Å². The Bertz CT molecular complexity index is 523. The molecule has 2 saturated heterocycles. The lowest BCUT2D eigenvalue weighted by atomic mass is 9.93. The van der Waals surface area contributed by atoms with Crippen LogP contribution in [0.1, 0.15) is 12.0 Å². The number of fused-ring (bicyclic) bond motifs is 1. The molecule has 22 heavy (non-hydrogen) atoms. The van der Waals surface area contributed by atoms with Gasteiger partial charge >= 0.3 is 5.97 Å². The van der Waals surface area contributed by atoms with E-state index in [9.17, 15) is 20.1 Å². The van der Waals surface area contributed by atoms with Crippen molar-refractivity contribution < 1.29 is 24.9 Å².